The largest absolute Gasteiger partial charge is 0.490 e. The van der Waals surface area contributed by atoms with E-state index in [1.165, 1.54) is 19.3 Å². The Labute approximate surface area is 212 Å². The predicted octanol–water partition coefficient (Wildman–Crippen LogP) is 5.26. The predicted molar refractivity (Wildman–Crippen MR) is 142 cm³/mol. The van der Waals surface area contributed by atoms with Crippen molar-refractivity contribution in [2.45, 2.75) is 38.1 Å². The van der Waals surface area contributed by atoms with Gasteiger partial charge in [0.05, 0.1) is 6.54 Å². The lowest BCUT2D eigenvalue weighted by Gasteiger charge is -2.22. The lowest BCUT2D eigenvalue weighted by Crippen LogP contribution is -2.36. The quantitative estimate of drug-likeness (QED) is 0.321. The van der Waals surface area contributed by atoms with Gasteiger partial charge in [0.25, 0.3) is 5.91 Å². The smallest absolute Gasteiger partial charge is 0.251 e. The number of anilines is 2. The highest BCUT2D eigenvalue weighted by molar-refractivity contribution is 5.95. The van der Waals surface area contributed by atoms with Crippen molar-refractivity contribution >= 4 is 23.2 Å². The maximum Gasteiger partial charge on any atom is 0.251 e. The van der Waals surface area contributed by atoms with Gasteiger partial charge in [-0.2, -0.15) is 0 Å². The van der Waals surface area contributed by atoms with Gasteiger partial charge in [0, 0.05) is 29.0 Å². The highest BCUT2D eigenvalue weighted by Gasteiger charge is 2.16. The van der Waals surface area contributed by atoms with Crippen LogP contribution >= 0.6 is 0 Å². The fourth-order valence-corrected chi connectivity index (χ4v) is 4.14. The summed E-state index contributed by atoms with van der Waals surface area (Å²) in [5, 5.41) is 9.08. The lowest BCUT2D eigenvalue weighted by molar-refractivity contribution is -0.114. The SMILES string of the molecule is O=C(CNc1ccc(C(=O)NC2CCCCC2)cc1)Nc1cccc(OCCOc2ccccc2)c1. The molecular weight excluding hydrogens is 454 g/mol. The first kappa shape index (κ1) is 25.1. The number of amides is 2. The van der Waals surface area contributed by atoms with E-state index in [-0.39, 0.29) is 24.4 Å². The highest BCUT2D eigenvalue weighted by atomic mass is 16.5. The van der Waals surface area contributed by atoms with Crippen LogP contribution in [0.1, 0.15) is 42.5 Å². The fourth-order valence-electron chi connectivity index (χ4n) is 4.14. The van der Waals surface area contributed by atoms with Crippen molar-refractivity contribution in [2.24, 2.45) is 0 Å². The highest BCUT2D eigenvalue weighted by Crippen LogP contribution is 2.19. The van der Waals surface area contributed by atoms with Gasteiger partial charge in [-0.15, -0.1) is 0 Å². The first-order chi connectivity index (χ1) is 17.7. The molecular formula is C29H33N3O4. The molecule has 1 aliphatic rings. The number of hydrogen-bond acceptors (Lipinski definition) is 5. The molecule has 0 radical (unpaired) electrons. The number of nitrogens with one attached hydrogen (secondary N) is 3. The Hall–Kier alpha value is -4.00. The second-order valence-electron chi connectivity index (χ2n) is 8.83. The molecule has 2 amide bonds. The first-order valence-electron chi connectivity index (χ1n) is 12.5. The van der Waals surface area contributed by atoms with Crippen LogP contribution in [-0.2, 0) is 4.79 Å². The molecule has 1 saturated carbocycles. The summed E-state index contributed by atoms with van der Waals surface area (Å²) >= 11 is 0. The van der Waals surface area contributed by atoms with E-state index < -0.39 is 0 Å². The van der Waals surface area contributed by atoms with Crippen molar-refractivity contribution in [2.75, 3.05) is 30.4 Å². The van der Waals surface area contributed by atoms with Crippen LogP contribution in [0, 0.1) is 0 Å². The summed E-state index contributed by atoms with van der Waals surface area (Å²) < 4.78 is 11.4. The average Bonchev–Trinajstić information content (AvgIpc) is 2.92. The van der Waals surface area contributed by atoms with Gasteiger partial charge in [-0.3, -0.25) is 9.59 Å². The number of carbonyl (C=O) groups excluding carboxylic acids is 2. The molecule has 3 aromatic carbocycles. The van der Waals surface area contributed by atoms with E-state index in [2.05, 4.69) is 16.0 Å². The van der Waals surface area contributed by atoms with Crippen LogP contribution in [0.4, 0.5) is 11.4 Å². The van der Waals surface area contributed by atoms with Crippen LogP contribution < -0.4 is 25.4 Å². The summed E-state index contributed by atoms with van der Waals surface area (Å²) in [4.78, 5) is 24.9. The van der Waals surface area contributed by atoms with Gasteiger partial charge in [0.1, 0.15) is 24.7 Å². The molecule has 0 unspecified atom stereocenters. The van der Waals surface area contributed by atoms with E-state index >= 15 is 0 Å². The summed E-state index contributed by atoms with van der Waals surface area (Å²) in [7, 11) is 0. The number of ether oxygens (including phenoxy) is 2. The zero-order valence-corrected chi connectivity index (χ0v) is 20.4. The van der Waals surface area contributed by atoms with Crippen molar-refractivity contribution in [3.05, 3.63) is 84.4 Å². The monoisotopic (exact) mass is 487 g/mol. The van der Waals surface area contributed by atoms with E-state index in [1.807, 2.05) is 60.7 Å². The minimum absolute atomic E-state index is 0.0417. The molecule has 0 aliphatic heterocycles. The zero-order chi connectivity index (χ0) is 25.0. The van der Waals surface area contributed by atoms with E-state index in [1.54, 1.807) is 18.2 Å². The van der Waals surface area contributed by atoms with Crippen LogP contribution in [-0.4, -0.2) is 37.6 Å². The number of para-hydroxylation sites is 1. The molecule has 3 N–H and O–H groups in total. The molecule has 4 rings (SSSR count). The van der Waals surface area contributed by atoms with Crippen molar-refractivity contribution in [3.8, 4) is 11.5 Å². The standard InChI is InChI=1S/C29H33N3O4/c33-28(21-30-23-16-14-22(15-17-23)29(34)32-24-8-3-1-4-9-24)31-25-10-7-13-27(20-25)36-19-18-35-26-11-5-2-6-12-26/h2,5-7,10-17,20,24,30H,1,3-4,8-9,18-19,21H2,(H,31,33)(H,32,34). The maximum absolute atomic E-state index is 12.5. The number of hydrogen-bond donors (Lipinski definition) is 3. The molecule has 3 aromatic rings. The number of carbonyl (C=O) groups is 2. The number of benzene rings is 3. The summed E-state index contributed by atoms with van der Waals surface area (Å²) in [5.74, 6) is 1.23. The van der Waals surface area contributed by atoms with Crippen LogP contribution in [0.5, 0.6) is 11.5 Å². The molecule has 0 saturated heterocycles. The normalized spacial score (nSPS) is 13.4. The Morgan fingerprint density at radius 3 is 2.19 bits per heavy atom. The Bertz CT molecular complexity index is 1110. The fraction of sp³-hybridized carbons (Fsp3) is 0.310. The molecule has 0 aromatic heterocycles. The van der Waals surface area contributed by atoms with Gasteiger partial charge in [-0.25, -0.2) is 0 Å². The Morgan fingerprint density at radius 2 is 1.44 bits per heavy atom. The molecule has 7 nitrogen and oxygen atoms in total. The third kappa shape index (κ3) is 8.05. The van der Waals surface area contributed by atoms with E-state index in [4.69, 9.17) is 9.47 Å². The Morgan fingerprint density at radius 1 is 0.750 bits per heavy atom. The topological polar surface area (TPSA) is 88.7 Å². The van der Waals surface area contributed by atoms with Gasteiger partial charge in [-0.05, 0) is 61.4 Å². The molecule has 0 atom stereocenters. The van der Waals surface area contributed by atoms with Crippen LogP contribution in [0.2, 0.25) is 0 Å². The Balaban J connectivity index is 1.18. The van der Waals surface area contributed by atoms with Gasteiger partial charge < -0.3 is 25.4 Å². The van der Waals surface area contributed by atoms with E-state index in [0.717, 1.165) is 24.3 Å². The second kappa shape index (κ2) is 13.2. The van der Waals surface area contributed by atoms with Gasteiger partial charge in [-0.1, -0.05) is 43.5 Å². The van der Waals surface area contributed by atoms with Crippen molar-refractivity contribution < 1.29 is 19.1 Å². The van der Waals surface area contributed by atoms with E-state index in [0.29, 0.717) is 30.2 Å². The van der Waals surface area contributed by atoms with Crippen LogP contribution in [0.15, 0.2) is 78.9 Å². The molecule has 1 fully saturated rings. The Kier molecular flexibility index (Phi) is 9.19. The minimum atomic E-state index is -0.182. The molecule has 36 heavy (non-hydrogen) atoms. The summed E-state index contributed by atoms with van der Waals surface area (Å²) in [6.07, 6.45) is 5.72. The van der Waals surface area contributed by atoms with Crippen molar-refractivity contribution in [1.82, 2.24) is 5.32 Å². The third-order valence-electron chi connectivity index (χ3n) is 6.02. The molecule has 7 heteroatoms. The minimum Gasteiger partial charge on any atom is -0.490 e. The molecule has 0 bridgehead atoms. The maximum atomic E-state index is 12.5. The second-order valence-corrected chi connectivity index (χ2v) is 8.83. The van der Waals surface area contributed by atoms with E-state index in [9.17, 15) is 9.59 Å². The molecule has 0 spiro atoms. The molecule has 188 valence electrons. The third-order valence-corrected chi connectivity index (χ3v) is 6.02. The van der Waals surface area contributed by atoms with Crippen molar-refractivity contribution in [1.29, 1.82) is 0 Å². The molecule has 0 heterocycles. The summed E-state index contributed by atoms with van der Waals surface area (Å²) in [6.45, 7) is 0.914. The van der Waals surface area contributed by atoms with Gasteiger partial charge in [0.15, 0.2) is 0 Å². The average molecular weight is 488 g/mol. The zero-order valence-electron chi connectivity index (χ0n) is 20.4. The summed E-state index contributed by atoms with van der Waals surface area (Å²) in [6, 6.07) is 24.3. The van der Waals surface area contributed by atoms with Crippen LogP contribution in [0.3, 0.4) is 0 Å². The first-order valence-corrected chi connectivity index (χ1v) is 12.5. The van der Waals surface area contributed by atoms with Crippen molar-refractivity contribution in [3.63, 3.8) is 0 Å². The number of rotatable bonds is 11. The lowest BCUT2D eigenvalue weighted by atomic mass is 9.95. The van der Waals surface area contributed by atoms with Gasteiger partial charge >= 0.3 is 0 Å². The molecule has 1 aliphatic carbocycles. The van der Waals surface area contributed by atoms with Crippen LogP contribution in [0.25, 0.3) is 0 Å². The van der Waals surface area contributed by atoms with Gasteiger partial charge in [0.2, 0.25) is 5.91 Å². The summed E-state index contributed by atoms with van der Waals surface area (Å²) in [5.41, 5.74) is 2.05.